The van der Waals surface area contributed by atoms with Crippen LogP contribution < -0.4 is 5.32 Å². The van der Waals surface area contributed by atoms with Gasteiger partial charge in [0, 0.05) is 27.4 Å². The van der Waals surface area contributed by atoms with Gasteiger partial charge in [0.1, 0.15) is 0 Å². The molecule has 2 bridgehead atoms. The summed E-state index contributed by atoms with van der Waals surface area (Å²) in [5.41, 5.74) is 6.84. The highest BCUT2D eigenvalue weighted by Crippen LogP contribution is 2.49. The zero-order valence-electron chi connectivity index (χ0n) is 14.8. The molecule has 0 radical (unpaired) electrons. The van der Waals surface area contributed by atoms with Crippen molar-refractivity contribution in [2.24, 2.45) is 0 Å². The third-order valence-electron chi connectivity index (χ3n) is 5.92. The van der Waals surface area contributed by atoms with Gasteiger partial charge in [-0.05, 0) is 64.9 Å². The molecule has 0 spiro atoms. The highest BCUT2D eigenvalue weighted by atomic mass is 32.2. The van der Waals surface area contributed by atoms with Crippen molar-refractivity contribution in [1.29, 1.82) is 0 Å². The van der Waals surface area contributed by atoms with Gasteiger partial charge in [0.15, 0.2) is 5.82 Å². The minimum Gasteiger partial charge on any atom is -0.311 e. The van der Waals surface area contributed by atoms with Crippen LogP contribution in [0.2, 0.25) is 0 Å². The summed E-state index contributed by atoms with van der Waals surface area (Å²) >= 11 is 1.85. The fourth-order valence-electron chi connectivity index (χ4n) is 4.76. The molecule has 2 aromatic carbocycles. The molecule has 0 aliphatic carbocycles. The van der Waals surface area contributed by atoms with Gasteiger partial charge in [-0.2, -0.15) is 0 Å². The van der Waals surface area contributed by atoms with Crippen molar-refractivity contribution >= 4 is 17.3 Å². The highest BCUT2D eigenvalue weighted by molar-refractivity contribution is 7.99. The minimum atomic E-state index is 0.649. The molecule has 6 heteroatoms. The summed E-state index contributed by atoms with van der Waals surface area (Å²) in [6, 6.07) is 16.7. The van der Waals surface area contributed by atoms with Gasteiger partial charge in [-0.1, -0.05) is 47.7 Å². The average Bonchev–Trinajstić information content (AvgIpc) is 3.35. The van der Waals surface area contributed by atoms with E-state index in [4.69, 9.17) is 0 Å². The zero-order valence-corrected chi connectivity index (χ0v) is 15.6. The van der Waals surface area contributed by atoms with Gasteiger partial charge in [0.25, 0.3) is 0 Å². The number of hydrogen-bond donors (Lipinski definition) is 2. The van der Waals surface area contributed by atoms with Crippen LogP contribution in [0.25, 0.3) is 17.0 Å². The maximum absolute atomic E-state index is 4.07. The number of piperidine rings is 1. The number of aromatic nitrogens is 4. The van der Waals surface area contributed by atoms with Crippen molar-refractivity contribution in [3.05, 3.63) is 59.2 Å². The molecule has 2 unspecified atom stereocenters. The van der Waals surface area contributed by atoms with Crippen molar-refractivity contribution in [1.82, 2.24) is 25.9 Å². The second-order valence-electron chi connectivity index (χ2n) is 7.58. The summed E-state index contributed by atoms with van der Waals surface area (Å²) in [6.45, 7) is 0. The molecule has 3 aliphatic rings. The van der Waals surface area contributed by atoms with E-state index >= 15 is 0 Å². The lowest BCUT2D eigenvalue weighted by Crippen LogP contribution is -2.35. The topological polar surface area (TPSA) is 66.5 Å². The van der Waals surface area contributed by atoms with Crippen LogP contribution in [-0.2, 0) is 0 Å². The first kappa shape index (κ1) is 15.6. The van der Waals surface area contributed by atoms with Crippen molar-refractivity contribution in [2.45, 2.75) is 47.6 Å². The normalized spacial score (nSPS) is 23.3. The van der Waals surface area contributed by atoms with Crippen LogP contribution in [0.15, 0.2) is 57.8 Å². The maximum atomic E-state index is 4.07. The number of benzene rings is 2. The SMILES string of the molecule is c1ccc2c(c1)Sc1cc(-c3nnn[nH]3)ccc1C2=C1CC2CCC(C1)N2. The van der Waals surface area contributed by atoms with Gasteiger partial charge >= 0.3 is 0 Å². The zero-order chi connectivity index (χ0) is 17.8. The van der Waals surface area contributed by atoms with Crippen molar-refractivity contribution in [3.8, 4) is 11.4 Å². The molecule has 1 aromatic heterocycles. The van der Waals surface area contributed by atoms with Crippen LogP contribution in [0.1, 0.15) is 36.8 Å². The molecule has 0 saturated carbocycles. The summed E-state index contributed by atoms with van der Waals surface area (Å²) in [7, 11) is 0. The number of nitrogens with zero attached hydrogens (tertiary/aromatic N) is 3. The van der Waals surface area contributed by atoms with E-state index < -0.39 is 0 Å². The van der Waals surface area contributed by atoms with E-state index in [1.807, 2.05) is 11.8 Å². The minimum absolute atomic E-state index is 0.649. The van der Waals surface area contributed by atoms with E-state index in [2.05, 4.69) is 68.4 Å². The average molecular weight is 373 g/mol. The molecular formula is C21H19N5S. The largest absolute Gasteiger partial charge is 0.311 e. The van der Waals surface area contributed by atoms with Crippen LogP contribution in [0.3, 0.4) is 0 Å². The van der Waals surface area contributed by atoms with Gasteiger partial charge < -0.3 is 5.32 Å². The van der Waals surface area contributed by atoms with Gasteiger partial charge in [-0.25, -0.2) is 5.10 Å². The molecule has 2 saturated heterocycles. The Bertz CT molecular complexity index is 1040. The van der Waals surface area contributed by atoms with Crippen LogP contribution in [0.4, 0.5) is 0 Å². The fourth-order valence-corrected chi connectivity index (χ4v) is 5.88. The van der Waals surface area contributed by atoms with Crippen molar-refractivity contribution < 1.29 is 0 Å². The second-order valence-corrected chi connectivity index (χ2v) is 8.67. The fraction of sp³-hybridized carbons (Fsp3) is 0.286. The number of aromatic amines is 1. The number of rotatable bonds is 1. The summed E-state index contributed by atoms with van der Waals surface area (Å²) in [4.78, 5) is 2.63. The smallest absolute Gasteiger partial charge is 0.179 e. The summed E-state index contributed by atoms with van der Waals surface area (Å²) in [6.07, 6.45) is 4.94. The van der Waals surface area contributed by atoms with E-state index in [9.17, 15) is 0 Å². The lowest BCUT2D eigenvalue weighted by atomic mass is 9.86. The van der Waals surface area contributed by atoms with Gasteiger partial charge in [0.05, 0.1) is 0 Å². The quantitative estimate of drug-likeness (QED) is 0.527. The Morgan fingerprint density at radius 3 is 2.56 bits per heavy atom. The second kappa shape index (κ2) is 6.04. The number of H-pyrrole nitrogens is 1. The predicted molar refractivity (Wildman–Crippen MR) is 105 cm³/mol. The van der Waals surface area contributed by atoms with Gasteiger partial charge in [-0.15, -0.1) is 5.10 Å². The van der Waals surface area contributed by atoms with Crippen molar-refractivity contribution in [2.75, 3.05) is 0 Å². The molecule has 3 aromatic rings. The van der Waals surface area contributed by atoms with Gasteiger partial charge in [0.2, 0.25) is 0 Å². The molecule has 134 valence electrons. The predicted octanol–water partition coefficient (Wildman–Crippen LogP) is 4.05. The maximum Gasteiger partial charge on any atom is 0.179 e. The Kier molecular flexibility index (Phi) is 3.49. The Morgan fingerprint density at radius 1 is 0.926 bits per heavy atom. The van der Waals surface area contributed by atoms with Crippen LogP contribution in [-0.4, -0.2) is 32.7 Å². The molecule has 4 heterocycles. The molecule has 2 fully saturated rings. The summed E-state index contributed by atoms with van der Waals surface area (Å²) in [5.74, 6) is 0.714. The standard InChI is InChI=1S/C21H19N5S/c1-2-4-18-16(3-1)20(13-9-14-6-7-15(10-13)22-14)17-8-5-12(11-19(17)27-18)21-23-25-26-24-21/h1-5,8,11,14-15,22H,6-7,9-10H2,(H,23,24,25,26). The number of fused-ring (bicyclic) bond motifs is 4. The number of hydrogen-bond acceptors (Lipinski definition) is 5. The van der Waals surface area contributed by atoms with E-state index in [-0.39, 0.29) is 0 Å². The molecule has 2 atom stereocenters. The van der Waals surface area contributed by atoms with E-state index in [0.29, 0.717) is 17.9 Å². The number of tetrazole rings is 1. The first-order valence-electron chi connectivity index (χ1n) is 9.49. The Labute approximate surface area is 161 Å². The Morgan fingerprint density at radius 2 is 1.74 bits per heavy atom. The Hall–Kier alpha value is -2.44. The monoisotopic (exact) mass is 373 g/mol. The van der Waals surface area contributed by atoms with Crippen molar-refractivity contribution in [3.63, 3.8) is 0 Å². The van der Waals surface area contributed by atoms with Crippen LogP contribution >= 0.6 is 11.8 Å². The molecule has 27 heavy (non-hydrogen) atoms. The molecule has 3 aliphatic heterocycles. The summed E-state index contributed by atoms with van der Waals surface area (Å²) < 4.78 is 0. The molecule has 6 rings (SSSR count). The van der Waals surface area contributed by atoms with E-state index in [0.717, 1.165) is 18.4 Å². The van der Waals surface area contributed by atoms with E-state index in [1.54, 1.807) is 5.57 Å². The molecule has 5 nitrogen and oxygen atoms in total. The molecular weight excluding hydrogens is 354 g/mol. The van der Waals surface area contributed by atoms with Crippen LogP contribution in [0, 0.1) is 0 Å². The third-order valence-corrected chi connectivity index (χ3v) is 7.05. The van der Waals surface area contributed by atoms with Crippen LogP contribution in [0.5, 0.6) is 0 Å². The lowest BCUT2D eigenvalue weighted by Gasteiger charge is -2.30. The van der Waals surface area contributed by atoms with E-state index in [1.165, 1.54) is 39.3 Å². The molecule has 2 N–H and O–H groups in total. The highest BCUT2D eigenvalue weighted by Gasteiger charge is 2.33. The first-order chi connectivity index (χ1) is 13.3. The Balaban J connectivity index is 1.54. The third kappa shape index (κ3) is 2.55. The molecule has 0 amide bonds. The number of nitrogens with one attached hydrogen (secondary N) is 2. The lowest BCUT2D eigenvalue weighted by molar-refractivity contribution is 0.475. The first-order valence-corrected chi connectivity index (χ1v) is 10.3. The summed E-state index contributed by atoms with van der Waals surface area (Å²) in [5, 5.41) is 18.1. The van der Waals surface area contributed by atoms with Gasteiger partial charge in [-0.3, -0.25) is 0 Å².